The molecule has 0 saturated heterocycles. The van der Waals surface area contributed by atoms with Crippen molar-refractivity contribution in [2.75, 3.05) is 14.2 Å². The van der Waals surface area contributed by atoms with Crippen molar-refractivity contribution >= 4 is 114 Å². The molecule has 0 amide bonds. The first-order chi connectivity index (χ1) is 41.4. The van der Waals surface area contributed by atoms with Crippen molar-refractivity contribution < 1.29 is 97.4 Å². The van der Waals surface area contributed by atoms with Gasteiger partial charge < -0.3 is 27.9 Å². The minimum atomic E-state index is -5.16. The lowest BCUT2D eigenvalue weighted by molar-refractivity contribution is 0.346. The lowest BCUT2D eigenvalue weighted by Crippen LogP contribution is -2.29. The smallest absolute Gasteiger partial charge is 0.488 e. The zero-order chi connectivity index (χ0) is 64.6. The molecule has 0 aliphatic heterocycles. The van der Waals surface area contributed by atoms with Gasteiger partial charge in [-0.15, -0.1) is 0 Å². The lowest BCUT2D eigenvalue weighted by Gasteiger charge is -2.17. The molecule has 0 bridgehead atoms. The number of methoxy groups -OCH3 is 2. The van der Waals surface area contributed by atoms with E-state index in [4.69, 9.17) is 42.7 Å². The SMILES string of the molecule is COc1cc(-c2ccc(Cl)cc2)c(F)cc1-n1c(=O)ccc2cc(S(=O)(=O)Oc3c(F)c(F)c(F)c(F)c3F)ccc21.COc1cc(Br)c(F)cc1-n1c(=O)ccc2cc(S(=O)(=O)Oc3c(F)c(F)c(F)c(F)c3F)ccc21.OB(O)c1ccc(Cl)cc1.P.P. The van der Waals surface area contributed by atoms with E-state index in [9.17, 15) is 74.7 Å². The molecule has 0 spiro atoms. The maximum atomic E-state index is 15.3. The summed E-state index contributed by atoms with van der Waals surface area (Å²) >= 11 is 14.5. The highest BCUT2D eigenvalue weighted by molar-refractivity contribution is 9.10. The lowest BCUT2D eigenvalue weighted by atomic mass is 9.81. The van der Waals surface area contributed by atoms with Gasteiger partial charge in [0, 0.05) is 50.6 Å². The molecule has 10 aromatic rings. The number of hydrogen-bond donors (Lipinski definition) is 2. The van der Waals surface area contributed by atoms with Crippen LogP contribution in [-0.4, -0.2) is 57.4 Å². The van der Waals surface area contributed by atoms with Crippen molar-refractivity contribution in [1.29, 1.82) is 0 Å². The van der Waals surface area contributed by atoms with E-state index in [2.05, 4.69) is 24.3 Å². The minimum absolute atomic E-state index is 0. The number of ether oxygens (including phenoxy) is 2. The first kappa shape index (κ1) is 71.4. The maximum absolute atomic E-state index is 15.3. The molecule has 0 radical (unpaired) electrons. The molecule has 2 atom stereocenters. The van der Waals surface area contributed by atoms with Crippen LogP contribution in [0.15, 0.2) is 157 Å². The first-order valence-corrected chi connectivity index (χ1v) is 28.3. The van der Waals surface area contributed by atoms with Crippen LogP contribution in [0.3, 0.4) is 0 Å². The van der Waals surface area contributed by atoms with Crippen molar-refractivity contribution in [3.63, 3.8) is 0 Å². The van der Waals surface area contributed by atoms with Gasteiger partial charge in [0.15, 0.2) is 0 Å². The van der Waals surface area contributed by atoms with Crippen molar-refractivity contribution in [3.8, 4) is 45.5 Å². The average molecular weight is 1440 g/mol. The number of rotatable bonds is 12. The Morgan fingerprint density at radius 2 is 0.811 bits per heavy atom. The molecule has 2 aromatic heterocycles. The number of benzene rings is 8. The molecular weight excluding hydrogens is 1410 g/mol. The molecule has 10 rings (SSSR count). The van der Waals surface area contributed by atoms with Crippen LogP contribution < -0.4 is 34.4 Å². The monoisotopic (exact) mass is 1440 g/mol. The molecule has 2 unspecified atom stereocenters. The Morgan fingerprint density at radius 1 is 0.456 bits per heavy atom. The Morgan fingerprint density at radius 3 is 1.19 bits per heavy atom. The number of aromatic nitrogens is 2. The number of pyridine rings is 2. The van der Waals surface area contributed by atoms with Crippen LogP contribution in [0.1, 0.15) is 0 Å². The number of nitrogens with zero attached hydrogens (tertiary/aromatic N) is 2. The predicted octanol–water partition coefficient (Wildman–Crippen LogP) is 12.4. The molecule has 0 aliphatic rings. The molecule has 14 nitrogen and oxygen atoms in total. The maximum Gasteiger partial charge on any atom is 0.488 e. The Kier molecular flexibility index (Phi) is 22.7. The van der Waals surface area contributed by atoms with E-state index in [1.165, 1.54) is 38.5 Å². The summed E-state index contributed by atoms with van der Waals surface area (Å²) in [5, 5.41) is 18.4. The van der Waals surface area contributed by atoms with E-state index < -0.39 is 130 Å². The highest BCUT2D eigenvalue weighted by atomic mass is 79.9. The summed E-state index contributed by atoms with van der Waals surface area (Å²) in [5.41, 5.74) is -0.200. The summed E-state index contributed by atoms with van der Waals surface area (Å²) in [6, 6.07) is 27.6. The third kappa shape index (κ3) is 14.6. The van der Waals surface area contributed by atoms with Gasteiger partial charge in [0.05, 0.1) is 41.1 Å². The Labute approximate surface area is 525 Å². The van der Waals surface area contributed by atoms with Crippen LogP contribution in [0.5, 0.6) is 23.0 Å². The second-order valence-electron chi connectivity index (χ2n) is 17.7. The van der Waals surface area contributed by atoms with Crippen LogP contribution in [0.2, 0.25) is 10.0 Å². The van der Waals surface area contributed by atoms with Crippen LogP contribution in [0, 0.1) is 69.8 Å². The average Bonchev–Trinajstić information content (AvgIpc) is 0.810. The van der Waals surface area contributed by atoms with Gasteiger partial charge in [0.1, 0.15) is 32.9 Å². The summed E-state index contributed by atoms with van der Waals surface area (Å²) in [5.74, 6) is -29.8. The van der Waals surface area contributed by atoms with Crippen molar-refractivity contribution in [2.45, 2.75) is 9.79 Å². The summed E-state index contributed by atoms with van der Waals surface area (Å²) in [7, 11) is -9.12. The van der Waals surface area contributed by atoms with Crippen molar-refractivity contribution in [1.82, 2.24) is 9.13 Å². The number of fused-ring (bicyclic) bond motifs is 2. The Hall–Kier alpha value is -7.66. The van der Waals surface area contributed by atoms with Gasteiger partial charge in [-0.2, -0.15) is 54.2 Å². The fourth-order valence-electron chi connectivity index (χ4n) is 8.11. The van der Waals surface area contributed by atoms with Gasteiger partial charge >= 0.3 is 27.4 Å². The van der Waals surface area contributed by atoms with E-state index in [0.29, 0.717) is 21.1 Å². The van der Waals surface area contributed by atoms with E-state index in [-0.39, 0.29) is 74.5 Å². The Bertz CT molecular complexity index is 4760. The second-order valence-corrected chi connectivity index (χ2v) is 22.5. The zero-order valence-electron chi connectivity index (χ0n) is 45.1. The van der Waals surface area contributed by atoms with Crippen LogP contribution in [-0.2, 0) is 20.2 Å². The molecule has 0 fully saturated rings. The third-order valence-corrected chi connectivity index (χ3v) is 15.9. The molecule has 472 valence electrons. The van der Waals surface area contributed by atoms with Crippen LogP contribution >= 0.6 is 58.9 Å². The van der Waals surface area contributed by atoms with Crippen LogP contribution in [0.4, 0.5) is 52.7 Å². The van der Waals surface area contributed by atoms with Gasteiger partial charge in [-0.25, -0.2) is 35.1 Å². The largest absolute Gasteiger partial charge is 0.495 e. The predicted molar refractivity (Wildman–Crippen MR) is 322 cm³/mol. The fraction of sp³-hybridized carbons (Fsp3) is 0.0357. The fourth-order valence-corrected chi connectivity index (χ4v) is 10.6. The molecule has 90 heavy (non-hydrogen) atoms. The molecule has 0 aliphatic carbocycles. The van der Waals surface area contributed by atoms with Gasteiger partial charge in [0.2, 0.25) is 69.7 Å². The summed E-state index contributed by atoms with van der Waals surface area (Å²) in [4.78, 5) is 24.1. The van der Waals surface area contributed by atoms with E-state index in [1.807, 2.05) is 0 Å². The Balaban J connectivity index is 0.000000245. The third-order valence-electron chi connectivity index (χ3n) is 12.3. The van der Waals surface area contributed by atoms with Gasteiger partial charge in [0.25, 0.3) is 11.1 Å². The molecule has 2 heterocycles. The van der Waals surface area contributed by atoms with E-state index in [1.54, 1.807) is 48.5 Å². The second kappa shape index (κ2) is 28.7. The quantitative estimate of drug-likeness (QED) is 0.0294. The van der Waals surface area contributed by atoms with Gasteiger partial charge in [-0.3, -0.25) is 18.7 Å². The van der Waals surface area contributed by atoms with Crippen molar-refractivity contribution in [3.05, 3.63) is 238 Å². The summed E-state index contributed by atoms with van der Waals surface area (Å²) in [6.07, 6.45) is 0. The molecule has 8 aromatic carbocycles. The van der Waals surface area contributed by atoms with E-state index in [0.717, 1.165) is 69.8 Å². The molecular formula is C56H36BBrCl2F12N2O12P2S2. The molecule has 0 saturated carbocycles. The van der Waals surface area contributed by atoms with Crippen LogP contribution in [0.25, 0.3) is 44.3 Å². The first-order valence-electron chi connectivity index (χ1n) is 23.9. The summed E-state index contributed by atoms with van der Waals surface area (Å²) < 4.78 is 238. The normalized spacial score (nSPS) is 11.1. The molecule has 2 N–H and O–H groups in total. The number of hydrogen-bond acceptors (Lipinski definition) is 12. The number of halogens is 15. The standard InChI is InChI=1S/C28H14ClF6NO5S.C22H10BrF6NO5S.C6H6BClO2.2H3P/c1-40-21-11-17(13-2-5-15(29)6-3-13)18(30)12-20(21)36-19-8-7-16(10-14(19)4-9-22(36)37)42(38,39)41-28-26(34)24(32)23(31)25(33)27(28)35;1-34-15-7-11(23)12(24)8-14(15)30-13-4-3-10(6-9(13)2-5-16(30)31)36(32,33)35-22-20(28)18(26)17(25)19(27)21(22)29;8-6-3-1-5(2-4-6)7(9)10;;/h2-12H,1H3;2-8H,1H3;1-4,9-10H;2*1H3. The van der Waals surface area contributed by atoms with Crippen molar-refractivity contribution in [2.24, 2.45) is 0 Å². The molecule has 34 heteroatoms. The van der Waals surface area contributed by atoms with Gasteiger partial charge in [-0.05, 0) is 112 Å². The van der Waals surface area contributed by atoms with Gasteiger partial charge in [-0.1, -0.05) is 47.5 Å². The van der Waals surface area contributed by atoms with E-state index >= 15 is 4.39 Å². The zero-order valence-corrected chi connectivity index (χ0v) is 52.6. The minimum Gasteiger partial charge on any atom is -0.495 e. The highest BCUT2D eigenvalue weighted by Gasteiger charge is 2.33. The highest BCUT2D eigenvalue weighted by Crippen LogP contribution is 2.38. The topological polar surface area (TPSA) is 190 Å². The summed E-state index contributed by atoms with van der Waals surface area (Å²) in [6.45, 7) is 0.